The molecule has 0 aromatic heterocycles. The van der Waals surface area contributed by atoms with E-state index in [2.05, 4.69) is 19.2 Å². The lowest BCUT2D eigenvalue weighted by atomic mass is 10.2. The second-order valence-corrected chi connectivity index (χ2v) is 2.18. The Kier molecular flexibility index (Phi) is 4.40. The zero-order valence-corrected chi connectivity index (χ0v) is 5.90. The van der Waals surface area contributed by atoms with Crippen molar-refractivity contribution in [3.05, 3.63) is 12.7 Å². The molecule has 0 saturated heterocycles. The largest absolute Gasteiger partial charge is 0.288 e. The van der Waals surface area contributed by atoms with Crippen LogP contribution in [0.15, 0.2) is 12.7 Å². The maximum absolute atomic E-state index is 12.2. The highest BCUT2D eigenvalue weighted by Gasteiger charge is 2.01. The van der Waals surface area contributed by atoms with Gasteiger partial charge in [-0.25, -0.2) is 4.39 Å². The lowest BCUT2D eigenvalue weighted by Crippen LogP contribution is -1.97. The van der Waals surface area contributed by atoms with Crippen LogP contribution in [-0.4, -0.2) is 11.3 Å². The Labute approximate surface area is 59.4 Å². The van der Waals surface area contributed by atoms with Gasteiger partial charge < -0.3 is 0 Å². The van der Waals surface area contributed by atoms with Crippen molar-refractivity contribution in [2.24, 2.45) is 0 Å². The fourth-order valence-corrected chi connectivity index (χ4v) is 0.508. The molecule has 0 heterocycles. The minimum atomic E-state index is -1.07. The van der Waals surface area contributed by atoms with Crippen molar-refractivity contribution < 1.29 is 9.18 Å². The smallest absolute Gasteiger partial charge is 0.186 e. The van der Waals surface area contributed by atoms with Crippen molar-refractivity contribution in [2.45, 2.75) is 19.0 Å². The summed E-state index contributed by atoms with van der Waals surface area (Å²) in [6.45, 7) is 3.23. The first-order valence-corrected chi connectivity index (χ1v) is 3.10. The maximum atomic E-state index is 12.2. The highest BCUT2D eigenvalue weighted by Crippen LogP contribution is 2.03. The Morgan fingerprint density at radius 3 is 2.78 bits per heavy atom. The topological polar surface area (TPSA) is 17.1 Å². The fraction of sp³-hybridized carbons (Fsp3) is 0.500. The molecule has 0 aliphatic rings. The van der Waals surface area contributed by atoms with Gasteiger partial charge in [-0.05, 0) is 6.42 Å². The van der Waals surface area contributed by atoms with Crippen molar-refractivity contribution in [1.29, 1.82) is 0 Å². The van der Waals surface area contributed by atoms with Crippen LogP contribution in [0.2, 0.25) is 0 Å². The van der Waals surface area contributed by atoms with Crippen molar-refractivity contribution >= 4 is 17.7 Å². The number of allylic oxidation sites excluding steroid dienone is 1. The first-order valence-electron chi connectivity index (χ1n) is 2.65. The molecule has 0 aromatic rings. The summed E-state index contributed by atoms with van der Waals surface area (Å²) in [4.78, 5) is 10.1. The average molecular weight is 148 g/mol. The molecule has 0 amide bonds. The van der Waals surface area contributed by atoms with Crippen LogP contribution in [0, 0.1) is 0 Å². The second-order valence-electron chi connectivity index (χ2n) is 1.68. The Morgan fingerprint density at radius 1 is 1.89 bits per heavy atom. The Bertz CT molecular complexity index is 114. The normalized spacial score (nSPS) is 12.7. The van der Waals surface area contributed by atoms with Gasteiger partial charge in [-0.3, -0.25) is 4.79 Å². The second kappa shape index (κ2) is 4.56. The molecule has 0 aliphatic carbocycles. The van der Waals surface area contributed by atoms with Crippen molar-refractivity contribution in [2.75, 3.05) is 0 Å². The van der Waals surface area contributed by atoms with Crippen molar-refractivity contribution in [3.63, 3.8) is 0 Å². The van der Waals surface area contributed by atoms with E-state index in [4.69, 9.17) is 0 Å². The van der Waals surface area contributed by atoms with E-state index < -0.39 is 6.17 Å². The van der Waals surface area contributed by atoms with Crippen LogP contribution >= 0.6 is 12.6 Å². The van der Waals surface area contributed by atoms with Gasteiger partial charge in [-0.2, -0.15) is 0 Å². The van der Waals surface area contributed by atoms with Gasteiger partial charge >= 0.3 is 0 Å². The van der Waals surface area contributed by atoms with Crippen LogP contribution in [0.25, 0.3) is 0 Å². The molecule has 0 fully saturated rings. The SMILES string of the molecule is C=CC(F)CCC(=O)S. The predicted molar refractivity (Wildman–Crippen MR) is 38.3 cm³/mol. The average Bonchev–Trinajstić information content (AvgIpc) is 1.83. The van der Waals surface area contributed by atoms with E-state index in [1.54, 1.807) is 0 Å². The summed E-state index contributed by atoms with van der Waals surface area (Å²) in [5.41, 5.74) is 0. The molecule has 0 saturated carbocycles. The van der Waals surface area contributed by atoms with Gasteiger partial charge in [-0.15, -0.1) is 19.2 Å². The molecular formula is C6H9FOS. The summed E-state index contributed by atoms with van der Waals surface area (Å²) >= 11 is 3.47. The minimum absolute atomic E-state index is 0.177. The molecule has 1 nitrogen and oxygen atoms in total. The Morgan fingerprint density at radius 2 is 2.44 bits per heavy atom. The number of hydrogen-bond donors (Lipinski definition) is 1. The number of carbonyl (C=O) groups excluding carboxylic acids is 1. The molecular weight excluding hydrogens is 139 g/mol. The maximum Gasteiger partial charge on any atom is 0.186 e. The summed E-state index contributed by atoms with van der Waals surface area (Å²) in [6, 6.07) is 0. The van der Waals surface area contributed by atoms with E-state index in [1.165, 1.54) is 6.08 Å². The van der Waals surface area contributed by atoms with E-state index in [0.717, 1.165) is 0 Å². The molecule has 0 radical (unpaired) electrons. The number of carbonyl (C=O) groups is 1. The van der Waals surface area contributed by atoms with E-state index in [-0.39, 0.29) is 18.0 Å². The fourth-order valence-electron chi connectivity index (χ4n) is 0.379. The van der Waals surface area contributed by atoms with Crippen LogP contribution in [0.1, 0.15) is 12.8 Å². The number of hydrogen-bond acceptors (Lipinski definition) is 1. The zero-order chi connectivity index (χ0) is 7.28. The lowest BCUT2D eigenvalue weighted by Gasteiger charge is -1.96. The van der Waals surface area contributed by atoms with Crippen molar-refractivity contribution in [1.82, 2.24) is 0 Å². The number of thiol groups is 1. The molecule has 9 heavy (non-hydrogen) atoms. The van der Waals surface area contributed by atoms with Gasteiger partial charge in [-0.1, -0.05) is 6.08 Å². The third kappa shape index (κ3) is 5.56. The van der Waals surface area contributed by atoms with Gasteiger partial charge in [0.25, 0.3) is 0 Å². The van der Waals surface area contributed by atoms with Crippen LogP contribution in [0.4, 0.5) is 4.39 Å². The van der Waals surface area contributed by atoms with Crippen LogP contribution in [0.5, 0.6) is 0 Å². The quantitative estimate of drug-likeness (QED) is 0.474. The van der Waals surface area contributed by atoms with E-state index in [1.807, 2.05) is 0 Å². The standard InChI is InChI=1S/C6H9FOS/c1-2-5(7)3-4-6(8)9/h2,5H,1,3-4H2,(H,8,9). The molecule has 0 spiro atoms. The summed E-state index contributed by atoms with van der Waals surface area (Å²) in [6.07, 6.45) is 0.486. The van der Waals surface area contributed by atoms with Crippen LogP contribution in [0.3, 0.4) is 0 Å². The summed E-state index contributed by atoms with van der Waals surface area (Å²) in [7, 11) is 0. The van der Waals surface area contributed by atoms with E-state index >= 15 is 0 Å². The molecule has 0 rings (SSSR count). The number of halogens is 1. The predicted octanol–water partition coefficient (Wildman–Crippen LogP) is 1.75. The van der Waals surface area contributed by atoms with E-state index in [0.29, 0.717) is 0 Å². The molecule has 0 aliphatic heterocycles. The van der Waals surface area contributed by atoms with Crippen LogP contribution in [-0.2, 0) is 4.79 Å². The molecule has 0 aromatic carbocycles. The summed E-state index contributed by atoms with van der Waals surface area (Å²) in [5.74, 6) is 0. The molecule has 0 N–H and O–H groups in total. The highest BCUT2D eigenvalue weighted by atomic mass is 32.1. The minimum Gasteiger partial charge on any atom is -0.288 e. The Hall–Kier alpha value is -0.310. The molecule has 52 valence electrons. The third-order valence-electron chi connectivity index (χ3n) is 0.890. The first-order chi connectivity index (χ1) is 4.16. The summed E-state index contributed by atoms with van der Waals surface area (Å²) in [5, 5.41) is -0.278. The molecule has 1 atom stereocenters. The molecule has 0 bridgehead atoms. The van der Waals surface area contributed by atoms with E-state index in [9.17, 15) is 9.18 Å². The van der Waals surface area contributed by atoms with Crippen LogP contribution < -0.4 is 0 Å². The monoisotopic (exact) mass is 148 g/mol. The molecule has 1 unspecified atom stereocenters. The number of alkyl halides is 1. The van der Waals surface area contributed by atoms with Gasteiger partial charge in [0, 0.05) is 6.42 Å². The molecule has 3 heteroatoms. The first kappa shape index (κ1) is 8.69. The lowest BCUT2D eigenvalue weighted by molar-refractivity contribution is -0.111. The number of rotatable bonds is 4. The third-order valence-corrected chi connectivity index (χ3v) is 1.11. The van der Waals surface area contributed by atoms with Gasteiger partial charge in [0.05, 0.1) is 0 Å². The van der Waals surface area contributed by atoms with Gasteiger partial charge in [0.1, 0.15) is 6.17 Å². The van der Waals surface area contributed by atoms with Gasteiger partial charge in [0.15, 0.2) is 5.12 Å². The zero-order valence-electron chi connectivity index (χ0n) is 5.01. The van der Waals surface area contributed by atoms with Gasteiger partial charge in [0.2, 0.25) is 0 Å². The highest BCUT2D eigenvalue weighted by molar-refractivity contribution is 7.96. The summed E-state index contributed by atoms with van der Waals surface area (Å²) < 4.78 is 12.2. The Balaban J connectivity index is 3.26. The van der Waals surface area contributed by atoms with Crippen molar-refractivity contribution in [3.8, 4) is 0 Å².